The molecule has 0 amide bonds. The third-order valence-corrected chi connectivity index (χ3v) is 3.24. The highest BCUT2D eigenvalue weighted by Crippen LogP contribution is 2.33. The van der Waals surface area contributed by atoms with Gasteiger partial charge in [0.1, 0.15) is 0 Å². The van der Waals surface area contributed by atoms with Crippen LogP contribution in [0.4, 0.5) is 0 Å². The van der Waals surface area contributed by atoms with Crippen molar-refractivity contribution in [2.75, 3.05) is 0 Å². The number of hydrogen-bond donors (Lipinski definition) is 0. The van der Waals surface area contributed by atoms with Gasteiger partial charge in [-0.2, -0.15) is 4.98 Å². The lowest BCUT2D eigenvalue weighted by Crippen LogP contribution is -1.87. The average Bonchev–Trinajstić information content (AvgIpc) is 3.06. The molecule has 1 aliphatic carbocycles. The molecule has 88 valence electrons. The van der Waals surface area contributed by atoms with Gasteiger partial charge >= 0.3 is 0 Å². The molecule has 1 saturated carbocycles. The van der Waals surface area contributed by atoms with Gasteiger partial charge in [0.15, 0.2) is 0 Å². The molecule has 2 aromatic rings. The van der Waals surface area contributed by atoms with Crippen molar-refractivity contribution in [1.82, 2.24) is 10.1 Å². The van der Waals surface area contributed by atoms with Crippen molar-refractivity contribution in [3.8, 4) is 11.4 Å². The third kappa shape index (κ3) is 2.54. The van der Waals surface area contributed by atoms with Gasteiger partial charge in [-0.05, 0) is 19.3 Å². The first-order chi connectivity index (χ1) is 8.31. The molecule has 0 atom stereocenters. The van der Waals surface area contributed by atoms with E-state index in [-0.39, 0.29) is 0 Å². The summed E-state index contributed by atoms with van der Waals surface area (Å²) in [5, 5.41) is 4.03. The highest BCUT2D eigenvalue weighted by molar-refractivity contribution is 5.54. The second-order valence-electron chi connectivity index (χ2n) is 4.86. The van der Waals surface area contributed by atoms with Crippen molar-refractivity contribution in [1.29, 1.82) is 0 Å². The number of aryl methyl sites for hydroxylation is 2. The Morgan fingerprint density at radius 1 is 1.24 bits per heavy atom. The molecule has 1 heterocycles. The maximum Gasteiger partial charge on any atom is 0.226 e. The highest BCUT2D eigenvalue weighted by atomic mass is 16.5. The zero-order chi connectivity index (χ0) is 11.7. The maximum atomic E-state index is 5.27. The van der Waals surface area contributed by atoms with E-state index < -0.39 is 0 Å². The van der Waals surface area contributed by atoms with Gasteiger partial charge in [0.05, 0.1) is 0 Å². The summed E-state index contributed by atoms with van der Waals surface area (Å²) in [7, 11) is 0. The molecule has 0 aliphatic heterocycles. The van der Waals surface area contributed by atoms with Crippen molar-refractivity contribution in [2.45, 2.75) is 32.6 Å². The summed E-state index contributed by atoms with van der Waals surface area (Å²) in [6, 6.07) is 8.20. The van der Waals surface area contributed by atoms with E-state index in [9.17, 15) is 0 Å². The lowest BCUT2D eigenvalue weighted by Gasteiger charge is -1.94. The Kier molecular flexibility index (Phi) is 2.67. The van der Waals surface area contributed by atoms with E-state index in [4.69, 9.17) is 4.52 Å². The van der Waals surface area contributed by atoms with Crippen LogP contribution in [0.2, 0.25) is 0 Å². The minimum atomic E-state index is 0.704. The van der Waals surface area contributed by atoms with Gasteiger partial charge in [0.25, 0.3) is 0 Å². The predicted molar refractivity (Wildman–Crippen MR) is 65.5 cm³/mol. The number of aromatic nitrogens is 2. The molecule has 3 heteroatoms. The standard InChI is InChI=1S/C14H16N2O/c1-10-2-7-12(8-3-10)14-15-13(17-16-14)9-6-11-4-5-11/h2-3,7-8,11H,4-6,9H2,1H3. The maximum absolute atomic E-state index is 5.27. The van der Waals surface area contributed by atoms with E-state index in [0.29, 0.717) is 5.82 Å². The Bertz CT molecular complexity index is 497. The summed E-state index contributed by atoms with van der Waals surface area (Å²) in [6.07, 6.45) is 4.86. The molecule has 0 unspecified atom stereocenters. The van der Waals surface area contributed by atoms with Gasteiger partial charge in [0.2, 0.25) is 11.7 Å². The number of nitrogens with zero attached hydrogens (tertiary/aromatic N) is 2. The fraction of sp³-hybridized carbons (Fsp3) is 0.429. The molecule has 1 aliphatic rings. The van der Waals surface area contributed by atoms with Crippen LogP contribution in [0.1, 0.15) is 30.7 Å². The molecule has 3 nitrogen and oxygen atoms in total. The van der Waals surface area contributed by atoms with E-state index in [2.05, 4.69) is 29.2 Å². The van der Waals surface area contributed by atoms with Crippen LogP contribution in [-0.4, -0.2) is 10.1 Å². The first kappa shape index (κ1) is 10.5. The Balaban J connectivity index is 1.72. The van der Waals surface area contributed by atoms with Crippen molar-refractivity contribution >= 4 is 0 Å². The molecule has 0 spiro atoms. The Morgan fingerprint density at radius 2 is 2.00 bits per heavy atom. The van der Waals surface area contributed by atoms with Crippen LogP contribution in [0.3, 0.4) is 0 Å². The normalized spacial score (nSPS) is 15.1. The summed E-state index contributed by atoms with van der Waals surface area (Å²) in [4.78, 5) is 4.43. The number of hydrogen-bond acceptors (Lipinski definition) is 3. The fourth-order valence-electron chi connectivity index (χ4n) is 1.91. The van der Waals surface area contributed by atoms with E-state index in [1.54, 1.807) is 0 Å². The van der Waals surface area contributed by atoms with Crippen LogP contribution >= 0.6 is 0 Å². The minimum absolute atomic E-state index is 0.704. The second kappa shape index (κ2) is 4.32. The van der Waals surface area contributed by atoms with E-state index in [0.717, 1.165) is 23.8 Å². The van der Waals surface area contributed by atoms with Gasteiger partial charge in [-0.1, -0.05) is 47.8 Å². The van der Waals surface area contributed by atoms with E-state index >= 15 is 0 Å². The first-order valence-corrected chi connectivity index (χ1v) is 6.21. The van der Waals surface area contributed by atoms with Crippen LogP contribution in [-0.2, 0) is 6.42 Å². The molecule has 17 heavy (non-hydrogen) atoms. The molecule has 0 N–H and O–H groups in total. The van der Waals surface area contributed by atoms with Gasteiger partial charge in [-0.25, -0.2) is 0 Å². The zero-order valence-corrected chi connectivity index (χ0v) is 10.0. The molecule has 1 fully saturated rings. The molecule has 0 saturated heterocycles. The average molecular weight is 228 g/mol. The molecule has 0 radical (unpaired) electrons. The van der Waals surface area contributed by atoms with E-state index in [1.165, 1.54) is 24.8 Å². The van der Waals surface area contributed by atoms with Gasteiger partial charge in [0, 0.05) is 12.0 Å². The quantitative estimate of drug-likeness (QED) is 0.805. The largest absolute Gasteiger partial charge is 0.339 e. The Hall–Kier alpha value is -1.64. The predicted octanol–water partition coefficient (Wildman–Crippen LogP) is 3.39. The second-order valence-corrected chi connectivity index (χ2v) is 4.86. The molecule has 1 aromatic carbocycles. The van der Waals surface area contributed by atoms with Crippen LogP contribution in [0, 0.1) is 12.8 Å². The fourth-order valence-corrected chi connectivity index (χ4v) is 1.91. The van der Waals surface area contributed by atoms with E-state index in [1.807, 2.05) is 12.1 Å². The minimum Gasteiger partial charge on any atom is -0.339 e. The van der Waals surface area contributed by atoms with Crippen molar-refractivity contribution < 1.29 is 4.52 Å². The topological polar surface area (TPSA) is 38.9 Å². The molecule has 1 aromatic heterocycles. The molecular formula is C14H16N2O. The summed E-state index contributed by atoms with van der Waals surface area (Å²) in [6.45, 7) is 2.07. The molecular weight excluding hydrogens is 212 g/mol. The third-order valence-electron chi connectivity index (χ3n) is 3.24. The molecule has 3 rings (SSSR count). The summed E-state index contributed by atoms with van der Waals surface area (Å²) in [5.74, 6) is 2.38. The number of benzene rings is 1. The lowest BCUT2D eigenvalue weighted by atomic mass is 10.1. The van der Waals surface area contributed by atoms with Crippen LogP contribution in [0.15, 0.2) is 28.8 Å². The Morgan fingerprint density at radius 3 is 2.71 bits per heavy atom. The SMILES string of the molecule is Cc1ccc(-c2noc(CCC3CC3)n2)cc1. The summed E-state index contributed by atoms with van der Waals surface area (Å²) in [5.41, 5.74) is 2.27. The highest BCUT2D eigenvalue weighted by Gasteiger charge is 2.21. The van der Waals surface area contributed by atoms with Gasteiger partial charge in [-0.15, -0.1) is 0 Å². The summed E-state index contributed by atoms with van der Waals surface area (Å²) < 4.78 is 5.27. The zero-order valence-electron chi connectivity index (χ0n) is 10.0. The van der Waals surface area contributed by atoms with Crippen molar-refractivity contribution in [3.63, 3.8) is 0 Å². The summed E-state index contributed by atoms with van der Waals surface area (Å²) >= 11 is 0. The van der Waals surface area contributed by atoms with Crippen molar-refractivity contribution in [3.05, 3.63) is 35.7 Å². The van der Waals surface area contributed by atoms with Crippen LogP contribution in [0.5, 0.6) is 0 Å². The van der Waals surface area contributed by atoms with Crippen molar-refractivity contribution in [2.24, 2.45) is 5.92 Å². The lowest BCUT2D eigenvalue weighted by molar-refractivity contribution is 0.373. The first-order valence-electron chi connectivity index (χ1n) is 6.21. The van der Waals surface area contributed by atoms with Gasteiger partial charge < -0.3 is 4.52 Å². The number of rotatable bonds is 4. The van der Waals surface area contributed by atoms with Crippen LogP contribution in [0.25, 0.3) is 11.4 Å². The van der Waals surface area contributed by atoms with Gasteiger partial charge in [-0.3, -0.25) is 0 Å². The smallest absolute Gasteiger partial charge is 0.226 e. The Labute approximate surface area is 101 Å². The van der Waals surface area contributed by atoms with Crippen LogP contribution < -0.4 is 0 Å². The molecule has 0 bridgehead atoms. The monoisotopic (exact) mass is 228 g/mol.